The van der Waals surface area contributed by atoms with E-state index in [0.717, 1.165) is 31.2 Å². The van der Waals surface area contributed by atoms with Crippen molar-refractivity contribution in [3.05, 3.63) is 69.6 Å². The van der Waals surface area contributed by atoms with Gasteiger partial charge in [0.15, 0.2) is 0 Å². The van der Waals surface area contributed by atoms with Crippen LogP contribution in [-0.4, -0.2) is 39.8 Å². The first-order chi connectivity index (χ1) is 17.5. The van der Waals surface area contributed by atoms with E-state index in [1.807, 2.05) is 6.07 Å². The van der Waals surface area contributed by atoms with Gasteiger partial charge >= 0.3 is 5.97 Å². The zero-order valence-corrected chi connectivity index (χ0v) is 23.1. The highest BCUT2D eigenvalue weighted by molar-refractivity contribution is 6.42. The maximum Gasteiger partial charge on any atom is 0.339 e. The molecule has 196 valence electrons. The topological polar surface area (TPSA) is 86.1 Å². The first kappa shape index (κ1) is 27.1. The number of esters is 1. The quantitative estimate of drug-likeness (QED) is 0.363. The number of hydrogen-bond acceptors (Lipinski definition) is 5. The fourth-order valence-corrected chi connectivity index (χ4v) is 5.09. The average Bonchev–Trinajstić information content (AvgIpc) is 3.29. The normalized spacial score (nSPS) is 17.9. The summed E-state index contributed by atoms with van der Waals surface area (Å²) >= 11 is 12.3. The molecule has 1 amide bonds. The van der Waals surface area contributed by atoms with Crippen LogP contribution in [0.1, 0.15) is 73.0 Å². The molecule has 1 aromatic carbocycles. The molecule has 37 heavy (non-hydrogen) atoms. The Hall–Kier alpha value is -2.90. The Labute approximate surface area is 227 Å². The van der Waals surface area contributed by atoms with Crippen LogP contribution in [0.5, 0.6) is 0 Å². The minimum Gasteiger partial charge on any atom is -0.465 e. The van der Waals surface area contributed by atoms with E-state index in [0.29, 0.717) is 38.6 Å². The van der Waals surface area contributed by atoms with E-state index in [-0.39, 0.29) is 23.9 Å². The van der Waals surface area contributed by atoms with E-state index < -0.39 is 5.97 Å². The fourth-order valence-electron chi connectivity index (χ4n) is 4.79. The summed E-state index contributed by atoms with van der Waals surface area (Å²) in [5, 5.41) is 8.78. The monoisotopic (exact) mass is 542 g/mol. The number of nitrogens with zero attached hydrogens (tertiary/aromatic N) is 3. The van der Waals surface area contributed by atoms with Crippen molar-refractivity contribution >= 4 is 35.1 Å². The largest absolute Gasteiger partial charge is 0.465 e. The second-order valence-electron chi connectivity index (χ2n) is 10.6. The van der Waals surface area contributed by atoms with Crippen molar-refractivity contribution in [3.8, 4) is 11.3 Å². The molecule has 0 saturated heterocycles. The van der Waals surface area contributed by atoms with Gasteiger partial charge in [0, 0.05) is 17.8 Å². The van der Waals surface area contributed by atoms with Crippen LogP contribution in [0.2, 0.25) is 10.0 Å². The standard InChI is InChI=1S/C28H32Cl2N4O3/c1-28(2,3)19-7-10-20(11-8-19)32-26(35)25-14-24(17-6-12-22(29)23(30)13-17)33-34(25)16-21-9-5-18(15-31-21)27(36)37-4/h5-6,9,12-15,19-20H,7-8,10-11,16H2,1-4H3,(H,32,35). The van der Waals surface area contributed by atoms with Crippen LogP contribution in [-0.2, 0) is 11.3 Å². The SMILES string of the molecule is COC(=O)c1ccc(Cn2nc(-c3ccc(Cl)c(Cl)c3)cc2C(=O)NC2CCC(C(C)(C)C)CC2)nc1. The predicted octanol–water partition coefficient (Wildman–Crippen LogP) is 6.42. The third-order valence-electron chi connectivity index (χ3n) is 7.07. The molecule has 0 aliphatic heterocycles. The Kier molecular flexibility index (Phi) is 8.24. The van der Waals surface area contributed by atoms with Gasteiger partial charge in [0.2, 0.25) is 0 Å². The Morgan fingerprint density at radius 2 is 1.78 bits per heavy atom. The maximum absolute atomic E-state index is 13.4. The number of aromatic nitrogens is 3. The molecule has 0 unspecified atom stereocenters. The number of methoxy groups -OCH3 is 1. The van der Waals surface area contributed by atoms with Gasteiger partial charge in [-0.05, 0) is 67.3 Å². The summed E-state index contributed by atoms with van der Waals surface area (Å²) in [7, 11) is 1.32. The number of hydrogen-bond donors (Lipinski definition) is 1. The van der Waals surface area contributed by atoms with Gasteiger partial charge in [0.1, 0.15) is 5.69 Å². The van der Waals surface area contributed by atoms with E-state index in [9.17, 15) is 9.59 Å². The van der Waals surface area contributed by atoms with Crippen molar-refractivity contribution < 1.29 is 14.3 Å². The van der Waals surface area contributed by atoms with Crippen LogP contribution in [0.4, 0.5) is 0 Å². The van der Waals surface area contributed by atoms with Crippen LogP contribution in [0.15, 0.2) is 42.6 Å². The number of carbonyl (C=O) groups excluding carboxylic acids is 2. The van der Waals surface area contributed by atoms with Crippen molar-refractivity contribution in [1.82, 2.24) is 20.1 Å². The third kappa shape index (κ3) is 6.51. The highest BCUT2D eigenvalue weighted by atomic mass is 35.5. The summed E-state index contributed by atoms with van der Waals surface area (Å²) in [6.07, 6.45) is 5.56. The number of amides is 1. The summed E-state index contributed by atoms with van der Waals surface area (Å²) in [6.45, 7) is 7.10. The van der Waals surface area contributed by atoms with Crippen molar-refractivity contribution in [2.45, 2.75) is 59.0 Å². The molecular formula is C28H32Cl2N4O3. The van der Waals surface area contributed by atoms with Crippen molar-refractivity contribution in [2.75, 3.05) is 7.11 Å². The van der Waals surface area contributed by atoms with Gasteiger partial charge < -0.3 is 10.1 Å². The Balaban J connectivity index is 1.58. The van der Waals surface area contributed by atoms with Crippen LogP contribution in [0.3, 0.4) is 0 Å². The molecule has 1 aliphatic rings. The lowest BCUT2D eigenvalue weighted by Gasteiger charge is -2.37. The molecule has 2 aromatic heterocycles. The molecule has 0 atom stereocenters. The zero-order valence-electron chi connectivity index (χ0n) is 21.6. The van der Waals surface area contributed by atoms with E-state index in [1.165, 1.54) is 13.3 Å². The Bertz CT molecular complexity index is 1270. The van der Waals surface area contributed by atoms with Crippen molar-refractivity contribution in [1.29, 1.82) is 0 Å². The van der Waals surface area contributed by atoms with Gasteiger partial charge in [0.25, 0.3) is 5.91 Å². The van der Waals surface area contributed by atoms with Gasteiger partial charge in [0.05, 0.1) is 40.7 Å². The van der Waals surface area contributed by atoms with Crippen molar-refractivity contribution in [2.24, 2.45) is 11.3 Å². The number of rotatable bonds is 6. The van der Waals surface area contributed by atoms with Crippen LogP contribution in [0, 0.1) is 11.3 Å². The highest BCUT2D eigenvalue weighted by Crippen LogP contribution is 2.38. The molecule has 0 radical (unpaired) electrons. The van der Waals surface area contributed by atoms with Crippen molar-refractivity contribution in [3.63, 3.8) is 0 Å². The molecule has 1 saturated carbocycles. The molecule has 3 aromatic rings. The summed E-state index contributed by atoms with van der Waals surface area (Å²) < 4.78 is 6.38. The molecule has 1 aliphatic carbocycles. The minimum absolute atomic E-state index is 0.125. The number of pyridine rings is 1. The minimum atomic E-state index is -0.457. The van der Waals surface area contributed by atoms with Gasteiger partial charge in [-0.15, -0.1) is 0 Å². The van der Waals surface area contributed by atoms with E-state index in [1.54, 1.807) is 35.0 Å². The molecule has 2 heterocycles. The first-order valence-electron chi connectivity index (χ1n) is 12.4. The smallest absolute Gasteiger partial charge is 0.339 e. The fraction of sp³-hybridized carbons (Fsp3) is 0.429. The molecule has 7 nitrogen and oxygen atoms in total. The maximum atomic E-state index is 13.4. The molecular weight excluding hydrogens is 511 g/mol. The Morgan fingerprint density at radius 3 is 2.38 bits per heavy atom. The molecule has 0 bridgehead atoms. The second-order valence-corrected chi connectivity index (χ2v) is 11.4. The summed E-state index contributed by atoms with van der Waals surface area (Å²) in [5.74, 6) is 0.0250. The lowest BCUT2D eigenvalue weighted by molar-refractivity contribution is 0.0600. The highest BCUT2D eigenvalue weighted by Gasteiger charge is 2.31. The molecule has 0 spiro atoms. The molecule has 9 heteroatoms. The predicted molar refractivity (Wildman–Crippen MR) is 145 cm³/mol. The number of benzene rings is 1. The summed E-state index contributed by atoms with van der Waals surface area (Å²) in [6, 6.07) is 10.5. The molecule has 4 rings (SSSR count). The van der Waals surface area contributed by atoms with Crippen LogP contribution in [0.25, 0.3) is 11.3 Å². The van der Waals surface area contributed by atoms with Crippen LogP contribution < -0.4 is 5.32 Å². The number of halogens is 2. The van der Waals surface area contributed by atoms with Gasteiger partial charge in [-0.2, -0.15) is 5.10 Å². The molecule has 1 fully saturated rings. The Morgan fingerprint density at radius 1 is 1.05 bits per heavy atom. The number of carbonyl (C=O) groups is 2. The lowest BCUT2D eigenvalue weighted by Crippen LogP contribution is -2.40. The number of ether oxygens (including phenoxy) is 1. The van der Waals surface area contributed by atoms with Gasteiger partial charge in [-0.3, -0.25) is 14.5 Å². The van der Waals surface area contributed by atoms with Gasteiger partial charge in [-0.1, -0.05) is 50.0 Å². The average molecular weight is 543 g/mol. The lowest BCUT2D eigenvalue weighted by atomic mass is 9.71. The summed E-state index contributed by atoms with van der Waals surface area (Å²) in [4.78, 5) is 29.6. The first-order valence-corrected chi connectivity index (χ1v) is 13.2. The van der Waals surface area contributed by atoms with E-state index in [2.05, 4.69) is 31.1 Å². The number of nitrogens with one attached hydrogen (secondary N) is 1. The third-order valence-corrected chi connectivity index (χ3v) is 7.81. The molecule has 1 N–H and O–H groups in total. The van der Waals surface area contributed by atoms with Gasteiger partial charge in [-0.25, -0.2) is 4.79 Å². The van der Waals surface area contributed by atoms with E-state index in [4.69, 9.17) is 33.0 Å². The second kappa shape index (κ2) is 11.2. The summed E-state index contributed by atoms with van der Waals surface area (Å²) in [5.41, 5.74) is 3.06. The zero-order chi connectivity index (χ0) is 26.7. The van der Waals surface area contributed by atoms with Crippen LogP contribution >= 0.6 is 23.2 Å². The van der Waals surface area contributed by atoms with E-state index >= 15 is 0 Å².